The van der Waals surface area contributed by atoms with Crippen LogP contribution in [0.4, 0.5) is 0 Å². The number of halogens is 2. The highest BCUT2D eigenvalue weighted by molar-refractivity contribution is 9.09. The van der Waals surface area contributed by atoms with E-state index in [0.29, 0.717) is 5.92 Å². The van der Waals surface area contributed by atoms with Crippen molar-refractivity contribution >= 4 is 39.3 Å². The molecule has 0 heterocycles. The lowest BCUT2D eigenvalue weighted by atomic mass is 9.97. The fourth-order valence-corrected chi connectivity index (χ4v) is 3.25. The number of rotatable bonds is 8. The molecule has 0 aliphatic rings. The van der Waals surface area contributed by atoms with Gasteiger partial charge >= 0.3 is 0 Å². The van der Waals surface area contributed by atoms with E-state index in [1.807, 2.05) is 23.9 Å². The van der Waals surface area contributed by atoms with Crippen LogP contribution in [0.25, 0.3) is 0 Å². The minimum absolute atomic E-state index is 0.701. The van der Waals surface area contributed by atoms with Crippen molar-refractivity contribution in [1.29, 1.82) is 0 Å². The standard InChI is InChI=1S/C14H20BrClS/c1-2-17-9-5-6-12(11-15)10-13-7-3-4-8-14(13)16/h3-4,7-8,12H,2,5-6,9-11H2,1H3. The molecular formula is C14H20BrClS. The average Bonchev–Trinajstić information content (AvgIpc) is 2.35. The second-order valence-corrected chi connectivity index (χ2v) is 6.60. The largest absolute Gasteiger partial charge is 0.162 e. The summed E-state index contributed by atoms with van der Waals surface area (Å²) in [5.41, 5.74) is 1.28. The molecule has 3 heteroatoms. The van der Waals surface area contributed by atoms with Crippen molar-refractivity contribution in [2.75, 3.05) is 16.8 Å². The van der Waals surface area contributed by atoms with E-state index in [0.717, 1.165) is 16.8 Å². The van der Waals surface area contributed by atoms with Crippen molar-refractivity contribution in [3.8, 4) is 0 Å². The maximum Gasteiger partial charge on any atom is 0.0438 e. The Morgan fingerprint density at radius 1 is 1.35 bits per heavy atom. The highest BCUT2D eigenvalue weighted by Gasteiger charge is 2.10. The molecule has 17 heavy (non-hydrogen) atoms. The number of hydrogen-bond donors (Lipinski definition) is 0. The van der Waals surface area contributed by atoms with Gasteiger partial charge in [0.2, 0.25) is 0 Å². The van der Waals surface area contributed by atoms with Gasteiger partial charge in [-0.1, -0.05) is 52.7 Å². The summed E-state index contributed by atoms with van der Waals surface area (Å²) in [6.45, 7) is 2.22. The third-order valence-electron chi connectivity index (χ3n) is 2.79. The summed E-state index contributed by atoms with van der Waals surface area (Å²) in [4.78, 5) is 0. The molecular weight excluding hydrogens is 316 g/mol. The van der Waals surface area contributed by atoms with Gasteiger partial charge in [-0.2, -0.15) is 11.8 Å². The van der Waals surface area contributed by atoms with Gasteiger partial charge in [0.25, 0.3) is 0 Å². The zero-order valence-corrected chi connectivity index (χ0v) is 13.5. The van der Waals surface area contributed by atoms with Crippen LogP contribution in [0, 0.1) is 5.92 Å². The Bertz CT molecular complexity index is 317. The predicted molar refractivity (Wildman–Crippen MR) is 84.7 cm³/mol. The molecule has 0 saturated heterocycles. The molecule has 1 aromatic rings. The highest BCUT2D eigenvalue weighted by atomic mass is 79.9. The van der Waals surface area contributed by atoms with E-state index in [4.69, 9.17) is 11.6 Å². The number of alkyl halides is 1. The Morgan fingerprint density at radius 2 is 2.12 bits per heavy atom. The van der Waals surface area contributed by atoms with Crippen molar-refractivity contribution in [3.63, 3.8) is 0 Å². The maximum atomic E-state index is 6.19. The minimum atomic E-state index is 0.701. The third-order valence-corrected chi connectivity index (χ3v) is 5.06. The molecule has 0 bridgehead atoms. The summed E-state index contributed by atoms with van der Waals surface area (Å²) < 4.78 is 0. The Labute approximate surface area is 123 Å². The monoisotopic (exact) mass is 334 g/mol. The zero-order valence-electron chi connectivity index (χ0n) is 10.3. The molecule has 1 aromatic carbocycles. The van der Waals surface area contributed by atoms with Gasteiger partial charge in [0.15, 0.2) is 0 Å². The third kappa shape index (κ3) is 6.17. The number of benzene rings is 1. The normalized spacial score (nSPS) is 12.6. The van der Waals surface area contributed by atoms with Gasteiger partial charge in [-0.25, -0.2) is 0 Å². The Balaban J connectivity index is 2.38. The van der Waals surface area contributed by atoms with Gasteiger partial charge in [-0.15, -0.1) is 0 Å². The van der Waals surface area contributed by atoms with Crippen molar-refractivity contribution in [2.45, 2.75) is 26.2 Å². The highest BCUT2D eigenvalue weighted by Crippen LogP contribution is 2.23. The van der Waals surface area contributed by atoms with Gasteiger partial charge in [0, 0.05) is 10.4 Å². The predicted octanol–water partition coefficient (Wildman–Crippen LogP) is 5.43. The molecule has 0 N–H and O–H groups in total. The van der Waals surface area contributed by atoms with Crippen LogP contribution in [0.3, 0.4) is 0 Å². The fraction of sp³-hybridized carbons (Fsp3) is 0.571. The molecule has 0 spiro atoms. The van der Waals surface area contributed by atoms with Gasteiger partial charge in [0.05, 0.1) is 0 Å². The summed E-state index contributed by atoms with van der Waals surface area (Å²) in [7, 11) is 0. The molecule has 0 radical (unpaired) electrons. The van der Waals surface area contributed by atoms with E-state index < -0.39 is 0 Å². The number of hydrogen-bond acceptors (Lipinski definition) is 1. The van der Waals surface area contributed by atoms with Crippen molar-refractivity contribution in [1.82, 2.24) is 0 Å². The average molecular weight is 336 g/mol. The molecule has 0 aliphatic heterocycles. The van der Waals surface area contributed by atoms with Gasteiger partial charge in [-0.05, 0) is 48.3 Å². The van der Waals surface area contributed by atoms with E-state index >= 15 is 0 Å². The van der Waals surface area contributed by atoms with Crippen LogP contribution in [-0.4, -0.2) is 16.8 Å². The summed E-state index contributed by atoms with van der Waals surface area (Å²) in [5.74, 6) is 3.21. The maximum absolute atomic E-state index is 6.19. The molecule has 1 atom stereocenters. The lowest BCUT2D eigenvalue weighted by molar-refractivity contribution is 0.537. The summed E-state index contributed by atoms with van der Waals surface area (Å²) >= 11 is 11.8. The Morgan fingerprint density at radius 3 is 2.76 bits per heavy atom. The van der Waals surface area contributed by atoms with E-state index in [9.17, 15) is 0 Å². The smallest absolute Gasteiger partial charge is 0.0438 e. The summed E-state index contributed by atoms with van der Waals surface area (Å²) in [6.07, 6.45) is 3.67. The molecule has 0 fully saturated rings. The Hall–Kier alpha value is 0.340. The van der Waals surface area contributed by atoms with E-state index in [-0.39, 0.29) is 0 Å². The van der Waals surface area contributed by atoms with Crippen molar-refractivity contribution in [3.05, 3.63) is 34.9 Å². The lowest BCUT2D eigenvalue weighted by Crippen LogP contribution is -2.07. The molecule has 1 rings (SSSR count). The first-order valence-electron chi connectivity index (χ1n) is 6.15. The van der Waals surface area contributed by atoms with Crippen LogP contribution in [0.1, 0.15) is 25.3 Å². The first kappa shape index (κ1) is 15.4. The fourth-order valence-electron chi connectivity index (χ4n) is 1.83. The Kier molecular flexibility index (Phi) is 8.42. The molecule has 1 unspecified atom stereocenters. The topological polar surface area (TPSA) is 0 Å². The molecule has 0 aromatic heterocycles. The van der Waals surface area contributed by atoms with Gasteiger partial charge in [0.1, 0.15) is 0 Å². The molecule has 0 aliphatic carbocycles. The molecule has 96 valence electrons. The summed E-state index contributed by atoms with van der Waals surface area (Å²) in [6, 6.07) is 8.18. The van der Waals surface area contributed by atoms with Gasteiger partial charge < -0.3 is 0 Å². The van der Waals surface area contributed by atoms with Crippen molar-refractivity contribution < 1.29 is 0 Å². The lowest BCUT2D eigenvalue weighted by Gasteiger charge is -2.14. The van der Waals surface area contributed by atoms with Crippen LogP contribution in [0.2, 0.25) is 5.02 Å². The summed E-state index contributed by atoms with van der Waals surface area (Å²) in [5, 5.41) is 1.97. The van der Waals surface area contributed by atoms with E-state index in [1.165, 1.54) is 29.9 Å². The van der Waals surface area contributed by atoms with Crippen LogP contribution in [0.15, 0.2) is 24.3 Å². The van der Waals surface area contributed by atoms with Crippen LogP contribution >= 0.6 is 39.3 Å². The number of thioether (sulfide) groups is 1. The van der Waals surface area contributed by atoms with Crippen molar-refractivity contribution in [2.24, 2.45) is 5.92 Å². The quantitative estimate of drug-likeness (QED) is 0.451. The molecule has 0 amide bonds. The second kappa shape index (κ2) is 9.29. The van der Waals surface area contributed by atoms with Crippen LogP contribution < -0.4 is 0 Å². The zero-order chi connectivity index (χ0) is 12.5. The van der Waals surface area contributed by atoms with Crippen LogP contribution in [0.5, 0.6) is 0 Å². The second-order valence-electron chi connectivity index (χ2n) is 4.16. The van der Waals surface area contributed by atoms with Gasteiger partial charge in [-0.3, -0.25) is 0 Å². The first-order chi connectivity index (χ1) is 8.27. The molecule has 0 nitrogen and oxygen atoms in total. The van der Waals surface area contributed by atoms with Crippen LogP contribution in [-0.2, 0) is 6.42 Å². The van der Waals surface area contributed by atoms with E-state index in [2.05, 4.69) is 35.0 Å². The van der Waals surface area contributed by atoms with E-state index in [1.54, 1.807) is 0 Å². The molecule has 0 saturated carbocycles. The SMILES string of the molecule is CCSCCCC(CBr)Cc1ccccc1Cl. The minimum Gasteiger partial charge on any atom is -0.162 e. The first-order valence-corrected chi connectivity index (χ1v) is 8.80.